The summed E-state index contributed by atoms with van der Waals surface area (Å²) >= 11 is 15.8. The highest BCUT2D eigenvalue weighted by Crippen LogP contribution is 2.36. The molecule has 11 heteroatoms. The van der Waals surface area contributed by atoms with Gasteiger partial charge < -0.3 is 14.2 Å². The molecule has 0 spiro atoms. The Bertz CT molecular complexity index is 1950. The largest absolute Gasteiger partial charge is 0.491 e. The second-order valence-electron chi connectivity index (χ2n) is 10.2. The number of fused-ring (bicyclic) bond motifs is 1. The number of carbonyl (C=O) groups excluding carboxylic acids is 1. The van der Waals surface area contributed by atoms with Crippen molar-refractivity contribution in [2.75, 3.05) is 6.61 Å². The molecule has 2 heterocycles. The number of ether oxygens (including phenoxy) is 3. The molecule has 3 aromatic carbocycles. The second-order valence-corrected chi connectivity index (χ2v) is 13.2. The van der Waals surface area contributed by atoms with E-state index in [0.717, 1.165) is 14.7 Å². The van der Waals surface area contributed by atoms with E-state index in [4.69, 9.17) is 37.4 Å². The predicted molar refractivity (Wildman–Crippen MR) is 183 cm³/mol. The van der Waals surface area contributed by atoms with Gasteiger partial charge in [0.2, 0.25) is 0 Å². The molecule has 1 aliphatic heterocycles. The number of nitrogens with zero attached hydrogens (tertiary/aromatic N) is 2. The van der Waals surface area contributed by atoms with E-state index < -0.39 is 12.0 Å². The predicted octanol–water partition coefficient (Wildman–Crippen LogP) is 7.08. The lowest BCUT2D eigenvalue weighted by Gasteiger charge is -2.26. The third kappa shape index (κ3) is 6.91. The Morgan fingerprint density at radius 3 is 2.59 bits per heavy atom. The van der Waals surface area contributed by atoms with Gasteiger partial charge in [-0.2, -0.15) is 0 Å². The number of carbonyl (C=O) groups is 1. The first-order chi connectivity index (χ1) is 21.1. The molecule has 0 fully saturated rings. The highest BCUT2D eigenvalue weighted by atomic mass is 127. The lowest BCUT2D eigenvalue weighted by Crippen LogP contribution is -2.40. The first-order valence-corrected chi connectivity index (χ1v) is 16.5. The monoisotopic (exact) mass is 762 g/mol. The number of esters is 1. The van der Waals surface area contributed by atoms with Crippen molar-refractivity contribution < 1.29 is 19.0 Å². The number of hydrogen-bond acceptors (Lipinski definition) is 7. The average molecular weight is 763 g/mol. The van der Waals surface area contributed by atoms with Crippen molar-refractivity contribution in [3.05, 3.63) is 122 Å². The van der Waals surface area contributed by atoms with Gasteiger partial charge in [-0.15, -0.1) is 0 Å². The van der Waals surface area contributed by atoms with E-state index in [0.29, 0.717) is 47.7 Å². The minimum atomic E-state index is -0.766. The molecule has 4 aromatic rings. The van der Waals surface area contributed by atoms with Crippen LogP contribution in [0.2, 0.25) is 10.0 Å². The molecule has 228 valence electrons. The van der Waals surface area contributed by atoms with Crippen LogP contribution < -0.4 is 24.4 Å². The standard InChI is InChI=1S/C33H29Cl2IN2O5S/c1-5-41-32(40)29-19(4)37-33-38(30(29)23-8-6-7-9-26(23)43-18(2)3)31(39)28(44-33)15-20-10-13-27(25(36)14-20)42-17-21-11-12-22(34)16-24(21)35/h6-16,18,30H,5,17H2,1-4H3/b28-15+/t30-/m0/s1. The van der Waals surface area contributed by atoms with Crippen molar-refractivity contribution in [1.29, 1.82) is 0 Å². The van der Waals surface area contributed by atoms with Crippen molar-refractivity contribution in [3.8, 4) is 11.5 Å². The summed E-state index contributed by atoms with van der Waals surface area (Å²) < 4.78 is 20.5. The Kier molecular flexibility index (Phi) is 10.2. The SMILES string of the molecule is CCOC(=O)C1=C(C)N=c2s/c(=C/c3ccc(OCc4ccc(Cl)cc4Cl)c(I)c3)c(=O)n2[C@H]1c1ccccc1OC(C)C. The van der Waals surface area contributed by atoms with Crippen LogP contribution in [0.25, 0.3) is 6.08 Å². The Labute approximate surface area is 282 Å². The maximum absolute atomic E-state index is 14.1. The molecule has 1 atom stereocenters. The number of halogens is 3. The summed E-state index contributed by atoms with van der Waals surface area (Å²) in [6.07, 6.45) is 1.71. The number of aromatic nitrogens is 1. The molecule has 0 radical (unpaired) electrons. The quantitative estimate of drug-likeness (QED) is 0.135. The molecule has 0 saturated heterocycles. The fourth-order valence-electron chi connectivity index (χ4n) is 4.82. The summed E-state index contributed by atoms with van der Waals surface area (Å²) in [6, 6.07) is 17.7. The smallest absolute Gasteiger partial charge is 0.338 e. The van der Waals surface area contributed by atoms with E-state index in [2.05, 4.69) is 27.6 Å². The minimum absolute atomic E-state index is 0.110. The number of benzene rings is 3. The van der Waals surface area contributed by atoms with Gasteiger partial charge in [0.1, 0.15) is 24.1 Å². The molecule has 0 N–H and O–H groups in total. The van der Waals surface area contributed by atoms with Crippen LogP contribution in [0, 0.1) is 3.57 Å². The fraction of sp³-hybridized carbons (Fsp3) is 0.242. The Hall–Kier alpha value is -3.12. The highest BCUT2D eigenvalue weighted by molar-refractivity contribution is 14.1. The van der Waals surface area contributed by atoms with Gasteiger partial charge in [-0.1, -0.05) is 64.9 Å². The van der Waals surface area contributed by atoms with Crippen molar-refractivity contribution in [1.82, 2.24) is 4.57 Å². The summed E-state index contributed by atoms with van der Waals surface area (Å²) in [5.74, 6) is 0.757. The zero-order valence-corrected chi connectivity index (χ0v) is 28.9. The van der Waals surface area contributed by atoms with Crippen LogP contribution in [0.4, 0.5) is 0 Å². The van der Waals surface area contributed by atoms with E-state index in [1.807, 2.05) is 68.5 Å². The molecule has 0 amide bonds. The van der Waals surface area contributed by atoms with Crippen molar-refractivity contribution >= 4 is 69.2 Å². The normalized spacial score (nSPS) is 14.8. The first-order valence-electron chi connectivity index (χ1n) is 13.9. The number of allylic oxidation sites excluding steroid dienone is 1. The average Bonchev–Trinajstić information content (AvgIpc) is 3.26. The second kappa shape index (κ2) is 13.9. The summed E-state index contributed by atoms with van der Waals surface area (Å²) in [5, 5.41) is 1.10. The molecule has 7 nitrogen and oxygen atoms in total. The molecule has 1 aromatic heterocycles. The van der Waals surface area contributed by atoms with Crippen LogP contribution in [0.15, 0.2) is 81.7 Å². The zero-order valence-electron chi connectivity index (χ0n) is 24.4. The van der Waals surface area contributed by atoms with Crippen LogP contribution in [0.3, 0.4) is 0 Å². The van der Waals surface area contributed by atoms with Crippen molar-refractivity contribution in [3.63, 3.8) is 0 Å². The molecule has 0 bridgehead atoms. The highest BCUT2D eigenvalue weighted by Gasteiger charge is 2.35. The maximum atomic E-state index is 14.1. The number of hydrogen-bond donors (Lipinski definition) is 0. The molecule has 5 rings (SSSR count). The number of para-hydroxylation sites is 1. The molecule has 0 unspecified atom stereocenters. The summed E-state index contributed by atoms with van der Waals surface area (Å²) in [4.78, 5) is 32.5. The maximum Gasteiger partial charge on any atom is 0.338 e. The van der Waals surface area contributed by atoms with E-state index in [9.17, 15) is 9.59 Å². The molecular formula is C33H29Cl2IN2O5S. The van der Waals surface area contributed by atoms with Gasteiger partial charge in [-0.25, -0.2) is 9.79 Å². The van der Waals surface area contributed by atoms with Crippen molar-refractivity contribution in [2.45, 2.75) is 46.4 Å². The third-order valence-corrected chi connectivity index (χ3v) is 9.16. The summed E-state index contributed by atoms with van der Waals surface area (Å²) in [7, 11) is 0. The van der Waals surface area contributed by atoms with Crippen LogP contribution in [0.5, 0.6) is 11.5 Å². The number of thiazole rings is 1. The fourth-order valence-corrected chi connectivity index (χ4v) is 7.03. The van der Waals surface area contributed by atoms with E-state index in [1.165, 1.54) is 11.3 Å². The lowest BCUT2D eigenvalue weighted by molar-refractivity contribution is -0.139. The van der Waals surface area contributed by atoms with Gasteiger partial charge in [-0.3, -0.25) is 9.36 Å². The van der Waals surface area contributed by atoms with Gasteiger partial charge in [0.15, 0.2) is 4.80 Å². The van der Waals surface area contributed by atoms with Crippen molar-refractivity contribution in [2.24, 2.45) is 4.99 Å². The van der Waals surface area contributed by atoms with Crippen LogP contribution >= 0.6 is 57.1 Å². The lowest BCUT2D eigenvalue weighted by atomic mass is 9.95. The van der Waals surface area contributed by atoms with E-state index in [1.54, 1.807) is 30.5 Å². The molecule has 0 saturated carbocycles. The Morgan fingerprint density at radius 1 is 1.11 bits per heavy atom. The van der Waals surface area contributed by atoms with Gasteiger partial charge in [0.25, 0.3) is 5.56 Å². The number of rotatable bonds is 9. The molecule has 0 aliphatic carbocycles. The van der Waals surface area contributed by atoms with Gasteiger partial charge in [0.05, 0.1) is 32.1 Å². The third-order valence-electron chi connectivity index (χ3n) is 6.75. The first kappa shape index (κ1) is 32.3. The summed E-state index contributed by atoms with van der Waals surface area (Å²) in [6.45, 7) is 7.86. The Balaban J connectivity index is 1.55. The van der Waals surface area contributed by atoms with Crippen LogP contribution in [0.1, 0.15) is 50.4 Å². The minimum Gasteiger partial charge on any atom is -0.491 e. The zero-order chi connectivity index (χ0) is 31.5. The van der Waals surface area contributed by atoms with E-state index >= 15 is 0 Å². The van der Waals surface area contributed by atoms with E-state index in [-0.39, 0.29) is 24.9 Å². The summed E-state index contributed by atoms with van der Waals surface area (Å²) in [5.41, 5.74) is 2.87. The Morgan fingerprint density at radius 2 is 1.89 bits per heavy atom. The topological polar surface area (TPSA) is 79.1 Å². The van der Waals surface area contributed by atoms with Gasteiger partial charge in [0, 0.05) is 21.2 Å². The van der Waals surface area contributed by atoms with Gasteiger partial charge >= 0.3 is 5.97 Å². The van der Waals surface area contributed by atoms with Gasteiger partial charge in [-0.05, 0) is 92.3 Å². The molecular weight excluding hydrogens is 734 g/mol. The molecule has 44 heavy (non-hydrogen) atoms. The van der Waals surface area contributed by atoms with Crippen LogP contribution in [-0.2, 0) is 16.1 Å². The van der Waals surface area contributed by atoms with Crippen LogP contribution in [-0.4, -0.2) is 23.2 Å². The molecule has 1 aliphatic rings.